The van der Waals surface area contributed by atoms with Crippen molar-refractivity contribution < 1.29 is 38.1 Å². The van der Waals surface area contributed by atoms with Crippen LogP contribution in [0.2, 0.25) is 0 Å². The quantitative estimate of drug-likeness (QED) is 0.171. The Hall–Kier alpha value is -3.57. The van der Waals surface area contributed by atoms with Gasteiger partial charge in [-0.05, 0) is 37.1 Å². The number of benzene rings is 1. The third-order valence-electron chi connectivity index (χ3n) is 8.04. The van der Waals surface area contributed by atoms with Crippen molar-refractivity contribution in [1.82, 2.24) is 19.7 Å². The van der Waals surface area contributed by atoms with Crippen molar-refractivity contribution in [2.45, 2.75) is 75.6 Å². The second-order valence-corrected chi connectivity index (χ2v) is 12.5. The highest BCUT2D eigenvalue weighted by Crippen LogP contribution is 2.62. The number of aliphatic hydroxyl groups excluding tert-OH is 2. The standard InChI is InChI=1S/C28H35N6O8P/c1-4-18(5-2)14-39-26(37)17(3)33-43(38,40-19-9-7-6-8-10-19)41-22-13-27(22)23(35)24(36)28(15-29,42-27)21-12-11-20-25(30)31-16-32-34(20)21/h6-12,16-18,22-24,35-36H,4-5,13-14H2,1-3H3,(H,33,38)(H2,30,31,32)/t17-,22+,23-,24+,27?,28-,43+/m0/s1. The monoisotopic (exact) mass is 614 g/mol. The molecule has 1 unspecified atom stereocenters. The van der Waals surface area contributed by atoms with E-state index in [9.17, 15) is 24.8 Å². The highest BCUT2D eigenvalue weighted by atomic mass is 31.2. The molecule has 0 amide bonds. The maximum Gasteiger partial charge on any atom is 0.459 e. The number of carbonyl (C=O) groups excluding carboxylic acids is 1. The van der Waals surface area contributed by atoms with Crippen molar-refractivity contribution >= 4 is 25.1 Å². The number of para-hydroxylation sites is 1. The summed E-state index contributed by atoms with van der Waals surface area (Å²) in [7, 11) is -4.34. The van der Waals surface area contributed by atoms with Crippen molar-refractivity contribution in [2.75, 3.05) is 12.3 Å². The van der Waals surface area contributed by atoms with Gasteiger partial charge in [-0.25, -0.2) is 14.1 Å². The van der Waals surface area contributed by atoms with Crippen molar-refractivity contribution in [1.29, 1.82) is 5.26 Å². The number of anilines is 1. The van der Waals surface area contributed by atoms with Gasteiger partial charge in [-0.2, -0.15) is 15.4 Å². The van der Waals surface area contributed by atoms with Crippen molar-refractivity contribution in [3.8, 4) is 11.8 Å². The van der Waals surface area contributed by atoms with Crippen LogP contribution in [-0.4, -0.2) is 67.3 Å². The Morgan fingerprint density at radius 1 is 1.26 bits per heavy atom. The molecular weight excluding hydrogens is 579 g/mol. The lowest BCUT2D eigenvalue weighted by Crippen LogP contribution is -2.41. The molecule has 14 nitrogen and oxygen atoms in total. The van der Waals surface area contributed by atoms with Crippen LogP contribution < -0.4 is 15.3 Å². The number of esters is 1. The summed E-state index contributed by atoms with van der Waals surface area (Å²) in [5.41, 5.74) is 2.73. The molecule has 230 valence electrons. The molecule has 2 aromatic heterocycles. The number of fused-ring (bicyclic) bond motifs is 1. The van der Waals surface area contributed by atoms with Crippen molar-refractivity contribution in [3.63, 3.8) is 0 Å². The van der Waals surface area contributed by atoms with Crippen LogP contribution in [0.15, 0.2) is 48.8 Å². The summed E-state index contributed by atoms with van der Waals surface area (Å²) in [5.74, 6) is -0.112. The first-order chi connectivity index (χ1) is 20.5. The van der Waals surface area contributed by atoms with Gasteiger partial charge in [0.05, 0.1) is 12.3 Å². The molecule has 3 heterocycles. The molecule has 1 saturated heterocycles. The zero-order valence-corrected chi connectivity index (χ0v) is 24.9. The summed E-state index contributed by atoms with van der Waals surface area (Å²) in [6.45, 7) is 5.70. The van der Waals surface area contributed by atoms with E-state index in [0.717, 1.165) is 12.8 Å². The van der Waals surface area contributed by atoms with Gasteiger partial charge in [-0.15, -0.1) is 0 Å². The Balaban J connectivity index is 1.39. The molecule has 3 aromatic rings. The van der Waals surface area contributed by atoms with Crippen LogP contribution >= 0.6 is 7.75 Å². The molecule has 5 N–H and O–H groups in total. The lowest BCUT2D eigenvalue weighted by atomic mass is 9.92. The second-order valence-electron chi connectivity index (χ2n) is 10.8. The summed E-state index contributed by atoms with van der Waals surface area (Å²) in [5, 5.41) is 39.4. The normalized spacial score (nSPS) is 28.4. The zero-order chi connectivity index (χ0) is 31.0. The van der Waals surface area contributed by atoms with Crippen LogP contribution in [0.5, 0.6) is 5.75 Å². The first-order valence-corrected chi connectivity index (χ1v) is 15.6. The van der Waals surface area contributed by atoms with Gasteiger partial charge in [0.25, 0.3) is 0 Å². The Morgan fingerprint density at radius 2 is 1.98 bits per heavy atom. The number of ether oxygens (including phenoxy) is 2. The molecule has 1 aliphatic heterocycles. The SMILES string of the molecule is CCC(CC)COC(=O)[C@H](C)N[P@@](=O)(Oc1ccccc1)O[C@@H]1CC12O[C@@](C#N)(c1ccc3c(N)ncnn13)[C@H](O)[C@@H]2O. The molecule has 1 saturated carbocycles. The molecule has 2 aliphatic rings. The Kier molecular flexibility index (Phi) is 8.50. The number of carbonyl (C=O) groups is 1. The Labute approximate surface area is 248 Å². The first-order valence-electron chi connectivity index (χ1n) is 14.1. The molecule has 1 spiro atoms. The average Bonchev–Trinajstić information content (AvgIpc) is 3.37. The number of nitrogens with zero attached hydrogens (tertiary/aromatic N) is 4. The van der Waals surface area contributed by atoms with Gasteiger partial charge in [0.15, 0.2) is 5.82 Å². The molecule has 15 heteroatoms. The van der Waals surface area contributed by atoms with Gasteiger partial charge in [0.1, 0.15) is 53.6 Å². The maximum atomic E-state index is 14.1. The van der Waals surface area contributed by atoms with Gasteiger partial charge in [0.2, 0.25) is 5.60 Å². The van der Waals surface area contributed by atoms with Crippen molar-refractivity contribution in [3.05, 3.63) is 54.5 Å². The Morgan fingerprint density at radius 3 is 2.65 bits per heavy atom. The smallest absolute Gasteiger partial charge is 0.459 e. The summed E-state index contributed by atoms with van der Waals surface area (Å²) in [6, 6.07) is 12.2. The first kappa shape index (κ1) is 30.9. The number of nitrogens with one attached hydrogen (secondary N) is 1. The minimum absolute atomic E-state index is 0.0353. The largest absolute Gasteiger partial charge is 0.464 e. The number of nitriles is 1. The Bertz CT molecular complexity index is 1560. The van der Waals surface area contributed by atoms with Crippen LogP contribution in [0, 0.1) is 17.2 Å². The highest BCUT2D eigenvalue weighted by molar-refractivity contribution is 7.52. The molecule has 0 bridgehead atoms. The van der Waals surface area contributed by atoms with Crippen LogP contribution in [0.1, 0.15) is 45.7 Å². The molecule has 1 aromatic carbocycles. The average molecular weight is 615 g/mol. The fraction of sp³-hybridized carbons (Fsp3) is 0.500. The molecule has 2 fully saturated rings. The van der Waals surface area contributed by atoms with Crippen LogP contribution in [0.3, 0.4) is 0 Å². The van der Waals surface area contributed by atoms with E-state index >= 15 is 0 Å². The minimum Gasteiger partial charge on any atom is -0.464 e. The summed E-state index contributed by atoms with van der Waals surface area (Å²) in [6.07, 6.45) is -1.61. The second kappa shape index (κ2) is 11.8. The van der Waals surface area contributed by atoms with E-state index < -0.39 is 49.3 Å². The molecule has 0 radical (unpaired) electrons. The number of rotatable bonds is 12. The molecule has 5 rings (SSSR count). The van der Waals surface area contributed by atoms with Crippen LogP contribution in [0.25, 0.3) is 5.52 Å². The number of hydrogen-bond donors (Lipinski definition) is 4. The van der Waals surface area contributed by atoms with E-state index in [-0.39, 0.29) is 36.2 Å². The third kappa shape index (κ3) is 5.60. The lowest BCUT2D eigenvalue weighted by molar-refractivity contribution is -0.146. The van der Waals surface area contributed by atoms with Gasteiger partial charge < -0.3 is 29.9 Å². The predicted molar refractivity (Wildman–Crippen MR) is 152 cm³/mol. The van der Waals surface area contributed by atoms with Gasteiger partial charge >= 0.3 is 13.7 Å². The zero-order valence-electron chi connectivity index (χ0n) is 24.0. The molecule has 7 atom stereocenters. The molecule has 43 heavy (non-hydrogen) atoms. The minimum atomic E-state index is -4.34. The van der Waals surface area contributed by atoms with Crippen LogP contribution in [0.4, 0.5) is 5.82 Å². The number of hydrogen-bond acceptors (Lipinski definition) is 12. The number of aromatic nitrogens is 3. The van der Waals surface area contributed by atoms with E-state index in [2.05, 4.69) is 15.2 Å². The molecular formula is C28H35N6O8P. The fourth-order valence-electron chi connectivity index (χ4n) is 5.28. The predicted octanol–water partition coefficient (Wildman–Crippen LogP) is 2.45. The third-order valence-corrected chi connectivity index (χ3v) is 9.73. The molecule has 1 aliphatic carbocycles. The number of aliphatic hydroxyl groups is 2. The lowest BCUT2D eigenvalue weighted by Gasteiger charge is -2.25. The van der Waals surface area contributed by atoms with E-state index in [1.165, 1.54) is 23.8 Å². The topological polar surface area (TPSA) is 204 Å². The van der Waals surface area contributed by atoms with E-state index in [4.69, 9.17) is 24.3 Å². The van der Waals surface area contributed by atoms with Crippen molar-refractivity contribution in [2.24, 2.45) is 5.92 Å². The number of nitrogen functional groups attached to an aromatic ring is 1. The summed E-state index contributed by atoms with van der Waals surface area (Å²) < 4.78 is 38.7. The van der Waals surface area contributed by atoms with E-state index in [1.807, 2.05) is 19.9 Å². The van der Waals surface area contributed by atoms with E-state index in [1.54, 1.807) is 36.4 Å². The number of nitrogens with two attached hydrogens (primary N) is 1. The summed E-state index contributed by atoms with van der Waals surface area (Å²) in [4.78, 5) is 16.7. The van der Waals surface area contributed by atoms with Crippen LogP contribution in [-0.2, 0) is 29.0 Å². The van der Waals surface area contributed by atoms with E-state index in [0.29, 0.717) is 5.52 Å². The maximum absolute atomic E-state index is 14.1. The highest BCUT2D eigenvalue weighted by Gasteiger charge is 2.76. The van der Waals surface area contributed by atoms with Gasteiger partial charge in [-0.1, -0.05) is 44.9 Å². The fourth-order valence-corrected chi connectivity index (χ4v) is 7.00. The van der Waals surface area contributed by atoms with Gasteiger partial charge in [0, 0.05) is 6.42 Å². The summed E-state index contributed by atoms with van der Waals surface area (Å²) >= 11 is 0. The van der Waals surface area contributed by atoms with Gasteiger partial charge in [-0.3, -0.25) is 9.32 Å².